The molecule has 2 aromatic rings. The molecule has 1 aromatic carbocycles. The summed E-state index contributed by atoms with van der Waals surface area (Å²) in [6.45, 7) is 2.56. The Morgan fingerprint density at radius 2 is 2.18 bits per heavy atom. The Balaban J connectivity index is 2.26. The Labute approximate surface area is 104 Å². The van der Waals surface area contributed by atoms with Crippen molar-refractivity contribution in [2.24, 2.45) is 0 Å². The predicted octanol–water partition coefficient (Wildman–Crippen LogP) is 3.07. The van der Waals surface area contributed by atoms with Crippen LogP contribution in [0, 0.1) is 5.82 Å². The molecule has 5 heteroatoms. The molecular formula is C12H13ClFN3. The molecule has 0 radical (unpaired) electrons. The lowest BCUT2D eigenvalue weighted by atomic mass is 10.2. The molecule has 0 fully saturated rings. The van der Waals surface area contributed by atoms with Gasteiger partial charge in [-0.15, -0.1) is 10.2 Å². The van der Waals surface area contributed by atoms with Crippen molar-refractivity contribution in [3.05, 3.63) is 46.8 Å². The van der Waals surface area contributed by atoms with Crippen LogP contribution in [0.2, 0.25) is 5.28 Å². The first-order chi connectivity index (χ1) is 8.20. The van der Waals surface area contributed by atoms with E-state index in [2.05, 4.69) is 17.1 Å². The van der Waals surface area contributed by atoms with Crippen molar-refractivity contribution in [2.75, 3.05) is 0 Å². The van der Waals surface area contributed by atoms with Gasteiger partial charge in [-0.3, -0.25) is 4.57 Å². The van der Waals surface area contributed by atoms with E-state index < -0.39 is 0 Å². The van der Waals surface area contributed by atoms with E-state index in [1.165, 1.54) is 12.1 Å². The summed E-state index contributed by atoms with van der Waals surface area (Å²) in [6, 6.07) is 6.45. The van der Waals surface area contributed by atoms with Crippen molar-refractivity contribution in [2.45, 2.75) is 26.3 Å². The van der Waals surface area contributed by atoms with Gasteiger partial charge < -0.3 is 0 Å². The highest BCUT2D eigenvalue weighted by molar-refractivity contribution is 6.28. The third-order valence-electron chi connectivity index (χ3n) is 2.49. The highest BCUT2D eigenvalue weighted by atomic mass is 35.5. The number of aromatic nitrogens is 3. The minimum absolute atomic E-state index is 0.247. The second kappa shape index (κ2) is 5.27. The summed E-state index contributed by atoms with van der Waals surface area (Å²) >= 11 is 5.97. The molecule has 17 heavy (non-hydrogen) atoms. The predicted molar refractivity (Wildman–Crippen MR) is 64.5 cm³/mol. The molecule has 0 N–H and O–H groups in total. The van der Waals surface area contributed by atoms with E-state index in [9.17, 15) is 4.39 Å². The summed E-state index contributed by atoms with van der Waals surface area (Å²) in [5.74, 6) is 0.588. The Kier molecular flexibility index (Phi) is 3.74. The smallest absolute Gasteiger partial charge is 0.225 e. The quantitative estimate of drug-likeness (QED) is 0.838. The first-order valence-electron chi connectivity index (χ1n) is 5.52. The largest absolute Gasteiger partial charge is 0.297 e. The van der Waals surface area contributed by atoms with E-state index in [0.717, 1.165) is 24.2 Å². The minimum Gasteiger partial charge on any atom is -0.297 e. The molecule has 0 atom stereocenters. The van der Waals surface area contributed by atoms with Gasteiger partial charge in [0.1, 0.15) is 11.6 Å². The minimum atomic E-state index is -0.247. The molecule has 1 aromatic heterocycles. The average molecular weight is 254 g/mol. The van der Waals surface area contributed by atoms with E-state index >= 15 is 0 Å². The maximum absolute atomic E-state index is 13.1. The molecule has 0 amide bonds. The first kappa shape index (κ1) is 12.0. The van der Waals surface area contributed by atoms with Gasteiger partial charge in [0.2, 0.25) is 5.28 Å². The number of halogens is 2. The van der Waals surface area contributed by atoms with Crippen LogP contribution < -0.4 is 0 Å². The Morgan fingerprint density at radius 1 is 1.35 bits per heavy atom. The molecular weight excluding hydrogens is 241 g/mol. The molecule has 0 aliphatic rings. The fourth-order valence-electron chi connectivity index (χ4n) is 1.70. The SMILES string of the molecule is CCCc1nnc(Cl)n1Cc1cccc(F)c1. The average Bonchev–Trinajstić information content (AvgIpc) is 2.62. The summed E-state index contributed by atoms with van der Waals surface area (Å²) in [7, 11) is 0. The number of benzene rings is 1. The molecule has 3 nitrogen and oxygen atoms in total. The van der Waals surface area contributed by atoms with Crippen LogP contribution in [-0.4, -0.2) is 14.8 Å². The van der Waals surface area contributed by atoms with Crippen LogP contribution in [-0.2, 0) is 13.0 Å². The van der Waals surface area contributed by atoms with Gasteiger partial charge in [0.05, 0.1) is 6.54 Å². The molecule has 90 valence electrons. The van der Waals surface area contributed by atoms with Crippen molar-refractivity contribution < 1.29 is 4.39 Å². The normalized spacial score (nSPS) is 10.8. The molecule has 0 saturated heterocycles. The third kappa shape index (κ3) is 2.82. The molecule has 0 saturated carbocycles. The van der Waals surface area contributed by atoms with Gasteiger partial charge >= 0.3 is 0 Å². The summed E-state index contributed by atoms with van der Waals surface area (Å²) in [4.78, 5) is 0. The van der Waals surface area contributed by atoms with Gasteiger partial charge in [-0.2, -0.15) is 0 Å². The lowest BCUT2D eigenvalue weighted by molar-refractivity contribution is 0.621. The topological polar surface area (TPSA) is 30.7 Å². The highest BCUT2D eigenvalue weighted by Gasteiger charge is 2.09. The maximum atomic E-state index is 13.1. The van der Waals surface area contributed by atoms with Crippen LogP contribution in [0.3, 0.4) is 0 Å². The van der Waals surface area contributed by atoms with E-state index in [1.54, 1.807) is 10.6 Å². The van der Waals surface area contributed by atoms with Crippen LogP contribution in [0.4, 0.5) is 4.39 Å². The molecule has 0 aliphatic heterocycles. The van der Waals surface area contributed by atoms with Gasteiger partial charge in [0.25, 0.3) is 0 Å². The van der Waals surface area contributed by atoms with Crippen molar-refractivity contribution in [3.63, 3.8) is 0 Å². The van der Waals surface area contributed by atoms with Gasteiger partial charge in [0, 0.05) is 6.42 Å². The summed E-state index contributed by atoms with van der Waals surface area (Å²) in [5, 5.41) is 8.19. The van der Waals surface area contributed by atoms with E-state index in [0.29, 0.717) is 11.8 Å². The first-order valence-corrected chi connectivity index (χ1v) is 5.90. The van der Waals surface area contributed by atoms with Gasteiger partial charge in [-0.25, -0.2) is 4.39 Å². The fourth-order valence-corrected chi connectivity index (χ4v) is 1.89. The van der Waals surface area contributed by atoms with E-state index in [4.69, 9.17) is 11.6 Å². The number of rotatable bonds is 4. The Hall–Kier alpha value is -1.42. The van der Waals surface area contributed by atoms with Crippen molar-refractivity contribution in [1.29, 1.82) is 0 Å². The maximum Gasteiger partial charge on any atom is 0.225 e. The molecule has 2 rings (SSSR count). The van der Waals surface area contributed by atoms with Crippen molar-refractivity contribution in [3.8, 4) is 0 Å². The van der Waals surface area contributed by atoms with Crippen molar-refractivity contribution in [1.82, 2.24) is 14.8 Å². The highest BCUT2D eigenvalue weighted by Crippen LogP contribution is 2.14. The lowest BCUT2D eigenvalue weighted by Gasteiger charge is -2.07. The van der Waals surface area contributed by atoms with Crippen LogP contribution in [0.1, 0.15) is 24.7 Å². The summed E-state index contributed by atoms with van der Waals surface area (Å²) < 4.78 is 14.9. The Bertz CT molecular complexity index is 510. The molecule has 0 bridgehead atoms. The number of aryl methyl sites for hydroxylation is 1. The fraction of sp³-hybridized carbons (Fsp3) is 0.333. The van der Waals surface area contributed by atoms with Crippen LogP contribution in [0.25, 0.3) is 0 Å². The number of hydrogen-bond donors (Lipinski definition) is 0. The number of hydrogen-bond acceptors (Lipinski definition) is 2. The van der Waals surface area contributed by atoms with Gasteiger partial charge in [-0.1, -0.05) is 19.1 Å². The second-order valence-electron chi connectivity index (χ2n) is 3.85. The van der Waals surface area contributed by atoms with E-state index in [1.807, 2.05) is 6.07 Å². The van der Waals surface area contributed by atoms with Crippen LogP contribution >= 0.6 is 11.6 Å². The monoisotopic (exact) mass is 253 g/mol. The molecule has 0 spiro atoms. The molecule has 0 unspecified atom stereocenters. The second-order valence-corrected chi connectivity index (χ2v) is 4.19. The standard InChI is InChI=1S/C12H13ClFN3/c1-2-4-11-15-16-12(13)17(11)8-9-5-3-6-10(14)7-9/h3,5-7H,2,4,8H2,1H3. The van der Waals surface area contributed by atoms with Gasteiger partial charge in [-0.05, 0) is 35.7 Å². The number of nitrogens with zero attached hydrogens (tertiary/aromatic N) is 3. The zero-order chi connectivity index (χ0) is 12.3. The Morgan fingerprint density at radius 3 is 2.88 bits per heavy atom. The molecule has 1 heterocycles. The third-order valence-corrected chi connectivity index (χ3v) is 2.77. The zero-order valence-electron chi connectivity index (χ0n) is 9.53. The lowest BCUT2D eigenvalue weighted by Crippen LogP contribution is -2.05. The molecule has 0 aliphatic carbocycles. The zero-order valence-corrected chi connectivity index (χ0v) is 10.3. The van der Waals surface area contributed by atoms with E-state index in [-0.39, 0.29) is 5.82 Å². The van der Waals surface area contributed by atoms with Crippen molar-refractivity contribution >= 4 is 11.6 Å². The van der Waals surface area contributed by atoms with Crippen LogP contribution in [0.15, 0.2) is 24.3 Å². The summed E-state index contributed by atoms with van der Waals surface area (Å²) in [6.07, 6.45) is 1.78. The van der Waals surface area contributed by atoms with Crippen LogP contribution in [0.5, 0.6) is 0 Å². The van der Waals surface area contributed by atoms with Gasteiger partial charge in [0.15, 0.2) is 0 Å². The summed E-state index contributed by atoms with van der Waals surface area (Å²) in [5.41, 5.74) is 0.851.